The van der Waals surface area contributed by atoms with Crippen LogP contribution in [0.4, 0.5) is 4.39 Å². The van der Waals surface area contributed by atoms with Gasteiger partial charge in [0.1, 0.15) is 5.82 Å². The summed E-state index contributed by atoms with van der Waals surface area (Å²) in [5.74, 6) is 5.25. The van der Waals surface area contributed by atoms with E-state index < -0.39 is 0 Å². The van der Waals surface area contributed by atoms with Crippen molar-refractivity contribution in [2.45, 2.75) is 46.1 Å². The molecular weight excluding hydrogens is 251 g/mol. The van der Waals surface area contributed by atoms with Gasteiger partial charge in [-0.2, -0.15) is 0 Å². The fourth-order valence-electron chi connectivity index (χ4n) is 1.80. The van der Waals surface area contributed by atoms with Gasteiger partial charge in [-0.25, -0.2) is 4.39 Å². The van der Waals surface area contributed by atoms with Gasteiger partial charge in [0, 0.05) is 11.1 Å². The third-order valence-electron chi connectivity index (χ3n) is 2.96. The van der Waals surface area contributed by atoms with Crippen molar-refractivity contribution >= 4 is 11.6 Å². The minimum Gasteiger partial charge on any atom is -0.271 e. The monoisotopic (exact) mass is 272 g/mol. The quantitative estimate of drug-likeness (QED) is 0.634. The van der Waals surface area contributed by atoms with E-state index in [0.717, 1.165) is 18.4 Å². The van der Waals surface area contributed by atoms with E-state index in [-0.39, 0.29) is 17.3 Å². The maximum atomic E-state index is 12.9. The molecule has 0 fully saturated rings. The van der Waals surface area contributed by atoms with E-state index in [1.165, 1.54) is 12.1 Å². The van der Waals surface area contributed by atoms with Gasteiger partial charge in [0.2, 0.25) is 0 Å². The van der Waals surface area contributed by atoms with Crippen molar-refractivity contribution in [3.8, 4) is 0 Å². The number of halogens is 2. The van der Waals surface area contributed by atoms with Crippen molar-refractivity contribution in [2.75, 3.05) is 0 Å². The van der Waals surface area contributed by atoms with Crippen LogP contribution in [0.5, 0.6) is 0 Å². The minimum atomic E-state index is -0.310. The maximum absolute atomic E-state index is 12.9. The van der Waals surface area contributed by atoms with Crippen LogP contribution in [0.2, 0.25) is 5.02 Å². The van der Waals surface area contributed by atoms with Crippen LogP contribution in [0, 0.1) is 11.2 Å². The molecule has 0 saturated heterocycles. The van der Waals surface area contributed by atoms with E-state index in [9.17, 15) is 4.39 Å². The van der Waals surface area contributed by atoms with Gasteiger partial charge in [0.25, 0.3) is 0 Å². The van der Waals surface area contributed by atoms with E-state index in [0.29, 0.717) is 11.4 Å². The van der Waals surface area contributed by atoms with Crippen molar-refractivity contribution in [1.29, 1.82) is 0 Å². The van der Waals surface area contributed by atoms with E-state index >= 15 is 0 Å². The Labute approximate surface area is 114 Å². The molecule has 1 rings (SSSR count). The molecule has 0 bridgehead atoms. The summed E-state index contributed by atoms with van der Waals surface area (Å²) in [5.41, 5.74) is 4.02. The van der Waals surface area contributed by atoms with E-state index in [1.807, 2.05) is 0 Å². The zero-order chi connectivity index (χ0) is 13.8. The topological polar surface area (TPSA) is 38.0 Å². The second kappa shape index (κ2) is 6.50. The first-order chi connectivity index (χ1) is 8.31. The molecule has 0 amide bonds. The van der Waals surface area contributed by atoms with Crippen LogP contribution in [-0.2, 0) is 6.42 Å². The molecule has 102 valence electrons. The lowest BCUT2D eigenvalue weighted by molar-refractivity contribution is 0.330. The van der Waals surface area contributed by atoms with Crippen molar-refractivity contribution in [1.82, 2.24) is 5.43 Å². The fourth-order valence-corrected chi connectivity index (χ4v) is 2.05. The first kappa shape index (κ1) is 15.4. The molecule has 0 spiro atoms. The standard InChI is InChI=1S/C14H22ClFN2/c1-14(2,3)7-6-12(18-17)8-10-4-5-11(16)9-13(10)15/h4-5,9,12,18H,6-8,17H2,1-3H3. The summed E-state index contributed by atoms with van der Waals surface area (Å²) in [6, 6.07) is 4.65. The zero-order valence-corrected chi connectivity index (χ0v) is 12.0. The lowest BCUT2D eigenvalue weighted by atomic mass is 9.87. The Morgan fingerprint density at radius 2 is 2.06 bits per heavy atom. The maximum Gasteiger partial charge on any atom is 0.124 e. The highest BCUT2D eigenvalue weighted by molar-refractivity contribution is 6.31. The Morgan fingerprint density at radius 3 is 2.56 bits per heavy atom. The normalized spacial score (nSPS) is 13.7. The van der Waals surface area contributed by atoms with Crippen LogP contribution in [0.3, 0.4) is 0 Å². The third kappa shape index (κ3) is 5.34. The highest BCUT2D eigenvalue weighted by Crippen LogP contribution is 2.24. The Balaban J connectivity index is 2.62. The molecule has 1 aromatic rings. The molecule has 1 unspecified atom stereocenters. The van der Waals surface area contributed by atoms with Gasteiger partial charge >= 0.3 is 0 Å². The number of benzene rings is 1. The molecule has 18 heavy (non-hydrogen) atoms. The highest BCUT2D eigenvalue weighted by atomic mass is 35.5. The smallest absolute Gasteiger partial charge is 0.124 e. The first-order valence-electron chi connectivity index (χ1n) is 6.22. The zero-order valence-electron chi connectivity index (χ0n) is 11.3. The average Bonchev–Trinajstić information content (AvgIpc) is 2.25. The molecule has 4 heteroatoms. The Bertz CT molecular complexity index is 388. The molecule has 0 heterocycles. The SMILES string of the molecule is CC(C)(C)CCC(Cc1ccc(F)cc1Cl)NN. The largest absolute Gasteiger partial charge is 0.271 e. The summed E-state index contributed by atoms with van der Waals surface area (Å²) >= 11 is 6.01. The van der Waals surface area contributed by atoms with Gasteiger partial charge in [-0.15, -0.1) is 0 Å². The molecule has 0 aliphatic rings. The van der Waals surface area contributed by atoms with Gasteiger partial charge in [0.05, 0.1) is 0 Å². The van der Waals surface area contributed by atoms with Crippen molar-refractivity contribution in [3.05, 3.63) is 34.6 Å². The molecule has 0 aliphatic heterocycles. The summed E-state index contributed by atoms with van der Waals surface area (Å²) in [6.07, 6.45) is 2.75. The molecule has 0 radical (unpaired) electrons. The summed E-state index contributed by atoms with van der Waals surface area (Å²) in [5, 5.41) is 0.464. The molecule has 0 aliphatic carbocycles. The molecule has 3 N–H and O–H groups in total. The van der Waals surface area contributed by atoms with E-state index in [4.69, 9.17) is 17.4 Å². The van der Waals surface area contributed by atoms with Crippen LogP contribution in [0.1, 0.15) is 39.2 Å². The van der Waals surface area contributed by atoms with E-state index in [1.54, 1.807) is 6.07 Å². The average molecular weight is 273 g/mol. The van der Waals surface area contributed by atoms with Gasteiger partial charge in [0.15, 0.2) is 0 Å². The van der Waals surface area contributed by atoms with Crippen LogP contribution in [0.25, 0.3) is 0 Å². The van der Waals surface area contributed by atoms with E-state index in [2.05, 4.69) is 26.2 Å². The number of hydrazine groups is 1. The molecule has 2 nitrogen and oxygen atoms in total. The highest BCUT2D eigenvalue weighted by Gasteiger charge is 2.16. The van der Waals surface area contributed by atoms with Gasteiger partial charge in [-0.05, 0) is 42.4 Å². The van der Waals surface area contributed by atoms with Crippen LogP contribution >= 0.6 is 11.6 Å². The molecule has 0 saturated carbocycles. The van der Waals surface area contributed by atoms with Gasteiger partial charge in [-0.1, -0.05) is 38.4 Å². The number of hydrogen-bond donors (Lipinski definition) is 2. The molecule has 0 aromatic heterocycles. The van der Waals surface area contributed by atoms with Crippen molar-refractivity contribution < 1.29 is 4.39 Å². The van der Waals surface area contributed by atoms with Crippen LogP contribution in [0.15, 0.2) is 18.2 Å². The first-order valence-corrected chi connectivity index (χ1v) is 6.59. The summed E-state index contributed by atoms with van der Waals surface area (Å²) in [7, 11) is 0. The van der Waals surface area contributed by atoms with Gasteiger partial charge in [-0.3, -0.25) is 11.3 Å². The lowest BCUT2D eigenvalue weighted by Crippen LogP contribution is -2.37. The fraction of sp³-hybridized carbons (Fsp3) is 0.571. The van der Waals surface area contributed by atoms with Gasteiger partial charge < -0.3 is 0 Å². The minimum absolute atomic E-state index is 0.159. The number of nitrogens with two attached hydrogens (primary N) is 1. The van der Waals surface area contributed by atoms with Crippen molar-refractivity contribution in [3.63, 3.8) is 0 Å². The Kier molecular flexibility index (Phi) is 5.57. The Morgan fingerprint density at radius 1 is 1.39 bits per heavy atom. The summed E-state index contributed by atoms with van der Waals surface area (Å²) in [4.78, 5) is 0. The van der Waals surface area contributed by atoms with Crippen LogP contribution < -0.4 is 11.3 Å². The van der Waals surface area contributed by atoms with Crippen molar-refractivity contribution in [2.24, 2.45) is 11.3 Å². The number of nitrogens with one attached hydrogen (secondary N) is 1. The molecule has 1 atom stereocenters. The Hall–Kier alpha value is -0.640. The lowest BCUT2D eigenvalue weighted by Gasteiger charge is -2.23. The molecule has 1 aromatic carbocycles. The predicted molar refractivity (Wildman–Crippen MR) is 74.9 cm³/mol. The summed E-state index contributed by atoms with van der Waals surface area (Å²) in [6.45, 7) is 6.60. The second-order valence-electron chi connectivity index (χ2n) is 5.90. The molecular formula is C14H22ClFN2. The number of rotatable bonds is 5. The number of hydrogen-bond acceptors (Lipinski definition) is 2. The second-order valence-corrected chi connectivity index (χ2v) is 6.31. The third-order valence-corrected chi connectivity index (χ3v) is 3.31. The predicted octanol–water partition coefficient (Wildman–Crippen LogP) is 3.68. The van der Waals surface area contributed by atoms with Crippen LogP contribution in [-0.4, -0.2) is 6.04 Å². The summed E-state index contributed by atoms with van der Waals surface area (Å²) < 4.78 is 12.9.